The lowest BCUT2D eigenvalue weighted by molar-refractivity contribution is -0.133. The number of carbonyl (C=O) groups excluding carboxylic acids is 1. The molecule has 1 atom stereocenters. The van der Waals surface area contributed by atoms with Crippen LogP contribution in [0.1, 0.15) is 30.4 Å². The Morgan fingerprint density at radius 3 is 2.58 bits per heavy atom. The molecule has 1 unspecified atom stereocenters. The minimum absolute atomic E-state index is 0.0355. The van der Waals surface area contributed by atoms with Crippen LogP contribution in [0.3, 0.4) is 0 Å². The molecule has 1 amide bonds. The number of benzene rings is 2. The minimum atomic E-state index is -3.47. The minimum Gasteiger partial charge on any atom is -0.496 e. The predicted molar refractivity (Wildman–Crippen MR) is 118 cm³/mol. The van der Waals surface area contributed by atoms with Crippen LogP contribution in [0.15, 0.2) is 53.4 Å². The number of para-hydroxylation sites is 1. The van der Waals surface area contributed by atoms with Gasteiger partial charge >= 0.3 is 0 Å². The van der Waals surface area contributed by atoms with E-state index in [4.69, 9.17) is 9.47 Å². The molecule has 2 aromatic rings. The molecule has 0 aromatic heterocycles. The average Bonchev–Trinajstić information content (AvgIpc) is 3.31. The lowest BCUT2D eigenvalue weighted by Gasteiger charge is -2.26. The Bertz CT molecular complexity index is 970. The third kappa shape index (κ3) is 6.29. The summed E-state index contributed by atoms with van der Waals surface area (Å²) in [5.74, 6) is 0.794. The van der Waals surface area contributed by atoms with E-state index in [1.54, 1.807) is 31.4 Å². The van der Waals surface area contributed by atoms with Crippen molar-refractivity contribution in [3.05, 3.63) is 59.7 Å². The number of hydrogen-bond donors (Lipinski definition) is 1. The number of nitrogens with zero attached hydrogens (tertiary/aromatic N) is 1. The van der Waals surface area contributed by atoms with Crippen LogP contribution in [0.4, 0.5) is 0 Å². The first-order valence-corrected chi connectivity index (χ1v) is 11.9. The fourth-order valence-corrected chi connectivity index (χ4v) is 4.42. The van der Waals surface area contributed by atoms with E-state index >= 15 is 0 Å². The number of methoxy groups -OCH3 is 1. The topological polar surface area (TPSA) is 84.9 Å². The van der Waals surface area contributed by atoms with Gasteiger partial charge in [-0.15, -0.1) is 0 Å². The van der Waals surface area contributed by atoms with Gasteiger partial charge in [-0.1, -0.05) is 30.3 Å². The first-order chi connectivity index (χ1) is 14.9. The summed E-state index contributed by atoms with van der Waals surface area (Å²) >= 11 is 0. The van der Waals surface area contributed by atoms with Gasteiger partial charge in [0.25, 0.3) is 0 Å². The van der Waals surface area contributed by atoms with Crippen molar-refractivity contribution in [3.8, 4) is 5.75 Å². The molecule has 31 heavy (non-hydrogen) atoms. The summed E-state index contributed by atoms with van der Waals surface area (Å²) < 4.78 is 37.2. The standard InChI is InChI=1S/C23H30N2O5S/c1-24-31(27,28)21-12-9-18(10-13-21)11-14-23(26)25(17-20-7-5-15-30-20)16-19-6-3-4-8-22(19)29-2/h3-4,6,8-10,12-13,20,24H,5,7,11,14-17H2,1-2H3. The fourth-order valence-electron chi connectivity index (χ4n) is 3.69. The highest BCUT2D eigenvalue weighted by molar-refractivity contribution is 7.89. The highest BCUT2D eigenvalue weighted by Gasteiger charge is 2.23. The van der Waals surface area contributed by atoms with Crippen molar-refractivity contribution >= 4 is 15.9 Å². The molecule has 2 aromatic carbocycles. The summed E-state index contributed by atoms with van der Waals surface area (Å²) in [6.45, 7) is 1.75. The Morgan fingerprint density at radius 1 is 1.19 bits per heavy atom. The van der Waals surface area contributed by atoms with Gasteiger partial charge in [-0.05, 0) is 50.1 Å². The number of aryl methyl sites for hydroxylation is 1. The Hall–Kier alpha value is -2.42. The van der Waals surface area contributed by atoms with Crippen molar-refractivity contribution < 1.29 is 22.7 Å². The van der Waals surface area contributed by atoms with Crippen molar-refractivity contribution in [1.82, 2.24) is 9.62 Å². The normalized spacial score (nSPS) is 16.3. The second kappa shape index (κ2) is 10.7. The second-order valence-electron chi connectivity index (χ2n) is 7.57. The van der Waals surface area contributed by atoms with Crippen LogP contribution < -0.4 is 9.46 Å². The first-order valence-electron chi connectivity index (χ1n) is 10.5. The zero-order valence-corrected chi connectivity index (χ0v) is 18.9. The monoisotopic (exact) mass is 446 g/mol. The number of carbonyl (C=O) groups is 1. The highest BCUT2D eigenvalue weighted by atomic mass is 32.2. The Labute approximate surface area is 184 Å². The molecule has 8 heteroatoms. The van der Waals surface area contributed by atoms with Crippen LogP contribution in [-0.4, -0.2) is 52.6 Å². The van der Waals surface area contributed by atoms with Crippen LogP contribution in [0.2, 0.25) is 0 Å². The molecule has 3 rings (SSSR count). The van der Waals surface area contributed by atoms with E-state index in [2.05, 4.69) is 4.72 Å². The van der Waals surface area contributed by atoms with Gasteiger partial charge in [-0.3, -0.25) is 4.79 Å². The van der Waals surface area contributed by atoms with E-state index in [9.17, 15) is 13.2 Å². The lowest BCUT2D eigenvalue weighted by Crippen LogP contribution is -2.37. The van der Waals surface area contributed by atoms with Crippen molar-refractivity contribution in [2.24, 2.45) is 0 Å². The summed E-state index contributed by atoms with van der Waals surface area (Å²) in [6, 6.07) is 14.3. The number of ether oxygens (including phenoxy) is 2. The Morgan fingerprint density at radius 2 is 1.94 bits per heavy atom. The van der Waals surface area contributed by atoms with Gasteiger partial charge in [0.15, 0.2) is 0 Å². The number of sulfonamides is 1. The molecular formula is C23H30N2O5S. The molecule has 1 fully saturated rings. The summed E-state index contributed by atoms with van der Waals surface area (Å²) in [7, 11) is -0.456. The molecule has 1 saturated heterocycles. The largest absolute Gasteiger partial charge is 0.496 e. The summed E-state index contributed by atoms with van der Waals surface area (Å²) in [5, 5.41) is 0. The Kier molecular flexibility index (Phi) is 8.06. The van der Waals surface area contributed by atoms with Crippen LogP contribution in [-0.2, 0) is 32.5 Å². The molecule has 1 aliphatic heterocycles. The van der Waals surface area contributed by atoms with Crippen molar-refractivity contribution in [3.63, 3.8) is 0 Å². The van der Waals surface area contributed by atoms with Gasteiger partial charge in [0.1, 0.15) is 5.75 Å². The summed E-state index contributed by atoms with van der Waals surface area (Å²) in [4.78, 5) is 15.2. The van der Waals surface area contributed by atoms with Crippen molar-refractivity contribution in [2.45, 2.75) is 43.2 Å². The van der Waals surface area contributed by atoms with Crippen LogP contribution in [0.5, 0.6) is 5.75 Å². The van der Waals surface area contributed by atoms with Crippen LogP contribution >= 0.6 is 0 Å². The maximum absolute atomic E-state index is 13.1. The van der Waals surface area contributed by atoms with Gasteiger partial charge in [0.2, 0.25) is 15.9 Å². The van der Waals surface area contributed by atoms with E-state index in [0.29, 0.717) is 25.9 Å². The van der Waals surface area contributed by atoms with E-state index in [-0.39, 0.29) is 16.9 Å². The highest BCUT2D eigenvalue weighted by Crippen LogP contribution is 2.22. The lowest BCUT2D eigenvalue weighted by atomic mass is 10.1. The fraction of sp³-hybridized carbons (Fsp3) is 0.435. The van der Waals surface area contributed by atoms with Crippen LogP contribution in [0, 0.1) is 0 Å². The molecular weight excluding hydrogens is 416 g/mol. The molecule has 0 aliphatic carbocycles. The van der Waals surface area contributed by atoms with E-state index in [1.807, 2.05) is 29.2 Å². The maximum atomic E-state index is 13.1. The molecule has 1 aliphatic rings. The maximum Gasteiger partial charge on any atom is 0.240 e. The molecule has 0 spiro atoms. The number of rotatable bonds is 10. The predicted octanol–water partition coefficient (Wildman–Crippen LogP) is 2.74. The summed E-state index contributed by atoms with van der Waals surface area (Å²) in [6.07, 6.45) is 2.90. The van der Waals surface area contributed by atoms with E-state index < -0.39 is 10.0 Å². The van der Waals surface area contributed by atoms with Crippen LogP contribution in [0.25, 0.3) is 0 Å². The Balaban J connectivity index is 1.67. The smallest absolute Gasteiger partial charge is 0.240 e. The van der Waals surface area contributed by atoms with Gasteiger partial charge in [-0.25, -0.2) is 13.1 Å². The van der Waals surface area contributed by atoms with E-state index in [1.165, 1.54) is 7.05 Å². The average molecular weight is 447 g/mol. The van der Waals surface area contributed by atoms with Crippen molar-refractivity contribution in [1.29, 1.82) is 0 Å². The molecule has 0 bridgehead atoms. The van der Waals surface area contributed by atoms with Gasteiger partial charge < -0.3 is 14.4 Å². The number of amides is 1. The zero-order valence-electron chi connectivity index (χ0n) is 18.0. The molecule has 1 N–H and O–H groups in total. The second-order valence-corrected chi connectivity index (χ2v) is 9.46. The number of nitrogens with one attached hydrogen (secondary N) is 1. The molecule has 0 radical (unpaired) electrons. The molecule has 7 nitrogen and oxygen atoms in total. The third-order valence-corrected chi connectivity index (χ3v) is 6.91. The quantitative estimate of drug-likeness (QED) is 0.607. The zero-order chi connectivity index (χ0) is 22.3. The van der Waals surface area contributed by atoms with Gasteiger partial charge in [0.05, 0.1) is 18.1 Å². The molecule has 168 valence electrons. The van der Waals surface area contributed by atoms with Gasteiger partial charge in [0, 0.05) is 31.7 Å². The first kappa shape index (κ1) is 23.2. The van der Waals surface area contributed by atoms with E-state index in [0.717, 1.165) is 36.3 Å². The number of hydrogen-bond acceptors (Lipinski definition) is 5. The van der Waals surface area contributed by atoms with Gasteiger partial charge in [-0.2, -0.15) is 0 Å². The SMILES string of the molecule is CNS(=O)(=O)c1ccc(CCC(=O)N(Cc2ccccc2OC)CC2CCCO2)cc1. The third-order valence-electron chi connectivity index (χ3n) is 5.48. The summed E-state index contributed by atoms with van der Waals surface area (Å²) in [5.41, 5.74) is 1.87. The molecule has 0 saturated carbocycles. The van der Waals surface area contributed by atoms with Crippen molar-refractivity contribution in [2.75, 3.05) is 27.3 Å². The molecule has 1 heterocycles.